The second kappa shape index (κ2) is 5.94. The molecule has 6 nitrogen and oxygen atoms in total. The van der Waals surface area contributed by atoms with Crippen molar-refractivity contribution in [1.29, 1.82) is 0 Å². The number of carbonyl (C=O) groups excluding carboxylic acids is 2. The molecule has 120 valence electrons. The molecule has 3 heterocycles. The van der Waals surface area contributed by atoms with Gasteiger partial charge in [-0.25, -0.2) is 0 Å². The van der Waals surface area contributed by atoms with Gasteiger partial charge in [-0.1, -0.05) is 27.7 Å². The zero-order valence-corrected chi connectivity index (χ0v) is 14.5. The number of hydrogen-bond donors (Lipinski definition) is 2. The molecule has 1 aromatic carbocycles. The van der Waals surface area contributed by atoms with Crippen LogP contribution in [-0.4, -0.2) is 48.5 Å². The van der Waals surface area contributed by atoms with E-state index in [-0.39, 0.29) is 17.3 Å². The maximum absolute atomic E-state index is 12.4. The van der Waals surface area contributed by atoms with Crippen LogP contribution in [0.5, 0.6) is 0 Å². The molecule has 4 rings (SSSR count). The molecule has 0 radical (unpaired) electrons. The molecule has 0 aromatic heterocycles. The van der Waals surface area contributed by atoms with Gasteiger partial charge in [0.1, 0.15) is 5.50 Å². The van der Waals surface area contributed by atoms with Crippen LogP contribution in [0.3, 0.4) is 0 Å². The van der Waals surface area contributed by atoms with Crippen molar-refractivity contribution in [2.75, 3.05) is 31.6 Å². The number of morpholine rings is 1. The minimum absolute atomic E-state index is 0.141. The maximum Gasteiger partial charge on any atom is 0.260 e. The smallest absolute Gasteiger partial charge is 0.260 e. The summed E-state index contributed by atoms with van der Waals surface area (Å²) in [7, 11) is 0. The van der Waals surface area contributed by atoms with E-state index in [9.17, 15) is 9.59 Å². The van der Waals surface area contributed by atoms with Gasteiger partial charge >= 0.3 is 0 Å². The molecule has 23 heavy (non-hydrogen) atoms. The Kier molecular flexibility index (Phi) is 3.92. The summed E-state index contributed by atoms with van der Waals surface area (Å²) in [5, 5.41) is 5.78. The Balaban J connectivity index is 1.69. The van der Waals surface area contributed by atoms with E-state index < -0.39 is 0 Å². The van der Waals surface area contributed by atoms with Crippen LogP contribution in [0.4, 0.5) is 5.69 Å². The first kappa shape index (κ1) is 15.2. The molecule has 0 spiro atoms. The van der Waals surface area contributed by atoms with E-state index in [1.165, 1.54) is 11.8 Å². The fourth-order valence-electron chi connectivity index (χ4n) is 2.89. The van der Waals surface area contributed by atoms with Crippen LogP contribution in [0.15, 0.2) is 27.6 Å². The van der Waals surface area contributed by atoms with Gasteiger partial charge in [-0.2, -0.15) is 0 Å². The zero-order chi connectivity index (χ0) is 16.0. The topological polar surface area (TPSA) is 70.7 Å². The van der Waals surface area contributed by atoms with Gasteiger partial charge in [0.25, 0.3) is 11.8 Å². The van der Waals surface area contributed by atoms with Crippen molar-refractivity contribution in [3.63, 3.8) is 0 Å². The Bertz CT molecular complexity index is 731. The van der Waals surface area contributed by atoms with Gasteiger partial charge in [-0.15, -0.1) is 0 Å². The minimum Gasteiger partial charge on any atom is -0.379 e. The van der Waals surface area contributed by atoms with Crippen LogP contribution >= 0.6 is 27.7 Å². The lowest BCUT2D eigenvalue weighted by atomic mass is 10.1. The molecular formula is C15H14BrN3O3S. The summed E-state index contributed by atoms with van der Waals surface area (Å²) in [4.78, 5) is 27.4. The number of rotatable bonds is 1. The van der Waals surface area contributed by atoms with Gasteiger partial charge in [0.15, 0.2) is 0 Å². The highest BCUT2D eigenvalue weighted by molar-refractivity contribution is 9.10. The Morgan fingerprint density at radius 1 is 1.22 bits per heavy atom. The summed E-state index contributed by atoms with van der Waals surface area (Å²) in [5.74, 6) is -0.414. The Labute approximate surface area is 145 Å². The van der Waals surface area contributed by atoms with Gasteiger partial charge in [0.05, 0.1) is 23.7 Å². The molecule has 1 atom stereocenters. The molecule has 0 bridgehead atoms. The molecule has 0 saturated carbocycles. The van der Waals surface area contributed by atoms with Gasteiger partial charge in [-0.3, -0.25) is 14.5 Å². The lowest BCUT2D eigenvalue weighted by Crippen LogP contribution is -2.47. The van der Waals surface area contributed by atoms with Crippen molar-refractivity contribution in [2.24, 2.45) is 0 Å². The highest BCUT2D eigenvalue weighted by Gasteiger charge is 2.38. The molecule has 1 aromatic rings. The standard InChI is InChI=1S/C15H14BrN3O3S/c16-8-1-2-10-9(7-8)11(13(20)17-10)12-14(21)18-15(23-12)19-3-5-22-6-4-19/h1-2,7,15H,3-6H2,(H,17,20)(H,18,21)/b12-11-. The fourth-order valence-corrected chi connectivity index (χ4v) is 4.48. The number of benzene rings is 1. The second-order valence-corrected chi connectivity index (χ2v) is 7.45. The van der Waals surface area contributed by atoms with Crippen molar-refractivity contribution >= 4 is 50.8 Å². The van der Waals surface area contributed by atoms with Crippen molar-refractivity contribution in [3.05, 3.63) is 33.1 Å². The van der Waals surface area contributed by atoms with Crippen molar-refractivity contribution in [1.82, 2.24) is 10.2 Å². The number of carbonyl (C=O) groups is 2. The van der Waals surface area contributed by atoms with Gasteiger partial charge < -0.3 is 15.4 Å². The number of amides is 2. The summed E-state index contributed by atoms with van der Waals surface area (Å²) in [6.07, 6.45) is 0. The Hall–Kier alpha value is -1.35. The predicted molar refractivity (Wildman–Crippen MR) is 91.6 cm³/mol. The number of anilines is 1. The van der Waals surface area contributed by atoms with Crippen LogP contribution < -0.4 is 10.6 Å². The lowest BCUT2D eigenvalue weighted by molar-refractivity contribution is -0.118. The lowest BCUT2D eigenvalue weighted by Gasteiger charge is -2.30. The first-order chi connectivity index (χ1) is 11.1. The number of ether oxygens (including phenoxy) is 1. The predicted octanol–water partition coefficient (Wildman–Crippen LogP) is 1.59. The van der Waals surface area contributed by atoms with E-state index in [2.05, 4.69) is 31.5 Å². The van der Waals surface area contributed by atoms with E-state index in [0.29, 0.717) is 23.7 Å². The quantitative estimate of drug-likeness (QED) is 0.706. The summed E-state index contributed by atoms with van der Waals surface area (Å²) >= 11 is 4.83. The summed E-state index contributed by atoms with van der Waals surface area (Å²) in [5.41, 5.74) is 1.83. The van der Waals surface area contributed by atoms with Crippen molar-refractivity contribution in [3.8, 4) is 0 Å². The third-order valence-electron chi connectivity index (χ3n) is 4.02. The normalized spacial score (nSPS) is 27.8. The van der Waals surface area contributed by atoms with E-state index in [1.807, 2.05) is 18.2 Å². The third-order valence-corrected chi connectivity index (χ3v) is 5.78. The maximum atomic E-state index is 12.4. The first-order valence-electron chi connectivity index (χ1n) is 7.28. The van der Waals surface area contributed by atoms with Gasteiger partial charge in [0.2, 0.25) is 0 Å². The minimum atomic E-state index is -0.224. The van der Waals surface area contributed by atoms with Crippen LogP contribution in [0, 0.1) is 0 Å². The summed E-state index contributed by atoms with van der Waals surface area (Å²) in [6, 6.07) is 5.57. The second-order valence-electron chi connectivity index (χ2n) is 5.44. The van der Waals surface area contributed by atoms with E-state index in [1.54, 1.807) is 0 Å². The molecule has 3 aliphatic rings. The number of hydrogen-bond acceptors (Lipinski definition) is 5. The molecule has 1 unspecified atom stereocenters. The average Bonchev–Trinajstić information content (AvgIpc) is 3.07. The van der Waals surface area contributed by atoms with Crippen LogP contribution in [0.25, 0.3) is 5.57 Å². The van der Waals surface area contributed by atoms with E-state index >= 15 is 0 Å². The molecular weight excluding hydrogens is 382 g/mol. The van der Waals surface area contributed by atoms with Gasteiger partial charge in [0, 0.05) is 28.8 Å². The number of fused-ring (bicyclic) bond motifs is 1. The van der Waals surface area contributed by atoms with Gasteiger partial charge in [-0.05, 0) is 18.2 Å². The molecule has 2 N–H and O–H groups in total. The number of halogens is 1. The average molecular weight is 396 g/mol. The molecule has 2 amide bonds. The largest absolute Gasteiger partial charge is 0.379 e. The fraction of sp³-hybridized carbons (Fsp3) is 0.333. The molecule has 8 heteroatoms. The van der Waals surface area contributed by atoms with E-state index in [0.717, 1.165) is 28.8 Å². The zero-order valence-electron chi connectivity index (χ0n) is 12.1. The monoisotopic (exact) mass is 395 g/mol. The number of thioether (sulfide) groups is 1. The van der Waals surface area contributed by atoms with Crippen LogP contribution in [0.2, 0.25) is 0 Å². The van der Waals surface area contributed by atoms with Crippen molar-refractivity contribution in [2.45, 2.75) is 5.50 Å². The Morgan fingerprint density at radius 3 is 2.78 bits per heavy atom. The number of nitrogens with zero attached hydrogens (tertiary/aromatic N) is 1. The van der Waals surface area contributed by atoms with Crippen LogP contribution in [-0.2, 0) is 14.3 Å². The van der Waals surface area contributed by atoms with Crippen molar-refractivity contribution < 1.29 is 14.3 Å². The molecule has 2 fully saturated rings. The third kappa shape index (κ3) is 2.69. The number of nitrogens with one attached hydrogen (secondary N) is 2. The summed E-state index contributed by atoms with van der Waals surface area (Å²) < 4.78 is 6.22. The SMILES string of the molecule is O=C1NC(N2CCOCC2)S/C1=C1\C(=O)Nc2ccc(Br)cc21. The Morgan fingerprint density at radius 2 is 2.00 bits per heavy atom. The first-order valence-corrected chi connectivity index (χ1v) is 8.95. The molecule has 3 aliphatic heterocycles. The summed E-state index contributed by atoms with van der Waals surface area (Å²) in [6.45, 7) is 2.87. The molecule has 2 saturated heterocycles. The van der Waals surface area contributed by atoms with Crippen LogP contribution in [0.1, 0.15) is 5.56 Å². The highest BCUT2D eigenvalue weighted by Crippen LogP contribution is 2.42. The van der Waals surface area contributed by atoms with E-state index in [4.69, 9.17) is 4.74 Å². The molecule has 0 aliphatic carbocycles. The highest BCUT2D eigenvalue weighted by atomic mass is 79.9.